The number of methoxy groups -OCH3 is 1. The smallest absolute Gasteiger partial charge is 0.246 e. The van der Waals surface area contributed by atoms with E-state index in [1.54, 1.807) is 30.3 Å². The van der Waals surface area contributed by atoms with Crippen LogP contribution in [0.3, 0.4) is 0 Å². The summed E-state index contributed by atoms with van der Waals surface area (Å²) in [5, 5.41) is 3.18. The van der Waals surface area contributed by atoms with Crippen LogP contribution >= 0.6 is 23.3 Å². The number of hydrogen-bond donors (Lipinski definition) is 1. The molecule has 29 heavy (non-hydrogen) atoms. The van der Waals surface area contributed by atoms with Crippen molar-refractivity contribution in [1.29, 1.82) is 0 Å². The summed E-state index contributed by atoms with van der Waals surface area (Å²) in [4.78, 5) is 13.0. The number of rotatable bonds is 5. The van der Waals surface area contributed by atoms with Crippen molar-refractivity contribution in [3.8, 4) is 5.75 Å². The predicted molar refractivity (Wildman–Crippen MR) is 111 cm³/mol. The van der Waals surface area contributed by atoms with Crippen molar-refractivity contribution in [1.82, 2.24) is 13.1 Å². The number of benzene rings is 2. The van der Waals surface area contributed by atoms with Gasteiger partial charge in [0, 0.05) is 11.6 Å². The van der Waals surface area contributed by atoms with Crippen LogP contribution in [0.2, 0.25) is 5.02 Å². The molecule has 1 N–H and O–H groups in total. The third-order valence-corrected chi connectivity index (χ3v) is 7.48. The van der Waals surface area contributed by atoms with Gasteiger partial charge in [-0.25, -0.2) is 8.42 Å². The van der Waals surface area contributed by atoms with E-state index in [9.17, 15) is 13.2 Å². The second-order valence-corrected chi connectivity index (χ2v) is 9.32. The van der Waals surface area contributed by atoms with Crippen LogP contribution in [0.4, 0.5) is 5.69 Å². The molecule has 1 aliphatic heterocycles. The maximum absolute atomic E-state index is 13.3. The predicted octanol–water partition coefficient (Wildman–Crippen LogP) is 3.15. The maximum atomic E-state index is 13.3. The molecule has 0 aliphatic carbocycles. The Morgan fingerprint density at radius 1 is 1.31 bits per heavy atom. The third kappa shape index (κ3) is 3.68. The number of sulfonamides is 1. The van der Waals surface area contributed by atoms with E-state index in [0.29, 0.717) is 40.3 Å². The fraction of sp³-hybridized carbons (Fsp3) is 0.278. The normalized spacial score (nSPS) is 17.5. The van der Waals surface area contributed by atoms with Gasteiger partial charge in [-0.2, -0.15) is 13.1 Å². The summed E-state index contributed by atoms with van der Waals surface area (Å²) in [5.41, 5.74) is 1.22. The fourth-order valence-electron chi connectivity index (χ4n) is 3.40. The second-order valence-electron chi connectivity index (χ2n) is 6.50. The highest BCUT2D eigenvalue weighted by Gasteiger charge is 2.40. The number of nitrogens with one attached hydrogen (secondary N) is 1. The van der Waals surface area contributed by atoms with Crippen LogP contribution in [0.1, 0.15) is 12.8 Å². The Kier molecular flexibility index (Phi) is 5.43. The zero-order valence-corrected chi connectivity index (χ0v) is 17.7. The van der Waals surface area contributed by atoms with E-state index >= 15 is 0 Å². The topological polar surface area (TPSA) is 101 Å². The van der Waals surface area contributed by atoms with Crippen LogP contribution < -0.4 is 10.1 Å². The summed E-state index contributed by atoms with van der Waals surface area (Å²) in [6.45, 7) is 0.251. The lowest BCUT2D eigenvalue weighted by Gasteiger charge is -2.24. The molecular weight excluding hydrogens is 436 g/mol. The molecule has 1 aromatic heterocycles. The molecule has 0 spiro atoms. The minimum absolute atomic E-state index is 0.0591. The monoisotopic (exact) mass is 452 g/mol. The summed E-state index contributed by atoms with van der Waals surface area (Å²) in [6.07, 6.45) is 0.995. The number of carbonyl (C=O) groups excluding carboxylic acids is 1. The number of hydrogen-bond acceptors (Lipinski definition) is 7. The van der Waals surface area contributed by atoms with Crippen LogP contribution in [0.15, 0.2) is 41.3 Å². The molecule has 1 atom stereocenters. The van der Waals surface area contributed by atoms with Gasteiger partial charge in [0.2, 0.25) is 15.9 Å². The van der Waals surface area contributed by atoms with Crippen LogP contribution in [0, 0.1) is 0 Å². The fourth-order valence-corrected chi connectivity index (χ4v) is 5.98. The lowest BCUT2D eigenvalue weighted by molar-refractivity contribution is -0.119. The Hall–Kier alpha value is -2.27. The minimum atomic E-state index is -3.93. The first-order valence-electron chi connectivity index (χ1n) is 8.79. The van der Waals surface area contributed by atoms with Gasteiger partial charge in [0.25, 0.3) is 0 Å². The van der Waals surface area contributed by atoms with Crippen molar-refractivity contribution in [2.45, 2.75) is 23.8 Å². The SMILES string of the molecule is COc1ccc(Cl)cc1NC(=O)C1CCCN1S(=O)(=O)c1cccc2nsnc12. The van der Waals surface area contributed by atoms with E-state index in [1.807, 2.05) is 0 Å². The number of amides is 1. The molecule has 1 amide bonds. The number of fused-ring (bicyclic) bond motifs is 1. The lowest BCUT2D eigenvalue weighted by Crippen LogP contribution is -2.43. The Labute approximate surface area is 176 Å². The number of nitrogens with zero attached hydrogens (tertiary/aromatic N) is 3. The molecule has 0 saturated carbocycles. The summed E-state index contributed by atoms with van der Waals surface area (Å²) in [5.74, 6) is 0.00342. The molecule has 1 aliphatic rings. The average molecular weight is 453 g/mol. The van der Waals surface area contributed by atoms with E-state index < -0.39 is 22.0 Å². The van der Waals surface area contributed by atoms with E-state index in [1.165, 1.54) is 17.5 Å². The molecule has 1 saturated heterocycles. The molecular formula is C18H17ClN4O4S2. The van der Waals surface area contributed by atoms with Crippen molar-refractivity contribution >= 4 is 56.0 Å². The van der Waals surface area contributed by atoms with Crippen molar-refractivity contribution in [2.75, 3.05) is 19.0 Å². The Morgan fingerprint density at radius 3 is 2.93 bits per heavy atom. The lowest BCUT2D eigenvalue weighted by atomic mass is 10.2. The van der Waals surface area contributed by atoms with Crippen LogP contribution in [-0.4, -0.2) is 47.1 Å². The molecule has 11 heteroatoms. The number of carbonyl (C=O) groups is 1. The van der Waals surface area contributed by atoms with E-state index in [0.717, 1.165) is 11.7 Å². The molecule has 8 nitrogen and oxygen atoms in total. The number of halogens is 1. The molecule has 152 valence electrons. The maximum Gasteiger partial charge on any atom is 0.246 e. The molecule has 3 aromatic rings. The van der Waals surface area contributed by atoms with Crippen molar-refractivity contribution in [3.63, 3.8) is 0 Å². The van der Waals surface area contributed by atoms with E-state index in [-0.39, 0.29) is 11.4 Å². The number of anilines is 1. The molecule has 0 bridgehead atoms. The first-order chi connectivity index (χ1) is 13.9. The van der Waals surface area contributed by atoms with Gasteiger partial charge in [-0.15, -0.1) is 0 Å². The van der Waals surface area contributed by atoms with Gasteiger partial charge < -0.3 is 10.1 Å². The minimum Gasteiger partial charge on any atom is -0.495 e. The van der Waals surface area contributed by atoms with Gasteiger partial charge in [-0.05, 0) is 43.2 Å². The van der Waals surface area contributed by atoms with Crippen LogP contribution in [0.5, 0.6) is 5.75 Å². The molecule has 2 aromatic carbocycles. The van der Waals surface area contributed by atoms with E-state index in [4.69, 9.17) is 16.3 Å². The van der Waals surface area contributed by atoms with Gasteiger partial charge in [0.15, 0.2) is 0 Å². The first kappa shape index (κ1) is 20.0. The highest BCUT2D eigenvalue weighted by Crippen LogP contribution is 2.32. The molecule has 1 fully saturated rings. The van der Waals surface area contributed by atoms with Gasteiger partial charge >= 0.3 is 0 Å². The average Bonchev–Trinajstić information content (AvgIpc) is 3.37. The van der Waals surface area contributed by atoms with Gasteiger partial charge in [-0.3, -0.25) is 4.79 Å². The first-order valence-corrected chi connectivity index (χ1v) is 11.3. The standard InChI is InChI=1S/C18H17ClN4O4S2/c1-27-15-8-7-11(19)10-13(15)20-18(24)14-5-3-9-23(14)29(25,26)16-6-2-4-12-17(16)22-28-21-12/h2,4,6-8,10,14H,3,5,9H2,1H3,(H,20,24). The zero-order valence-electron chi connectivity index (χ0n) is 15.3. The van der Waals surface area contributed by atoms with Crippen molar-refractivity contribution in [2.24, 2.45) is 0 Å². The molecule has 1 unspecified atom stereocenters. The summed E-state index contributed by atoms with van der Waals surface area (Å²) in [7, 11) is -2.45. The van der Waals surface area contributed by atoms with Gasteiger partial charge in [0.05, 0.1) is 24.5 Å². The summed E-state index contributed by atoms with van der Waals surface area (Å²) >= 11 is 6.97. The largest absolute Gasteiger partial charge is 0.495 e. The van der Waals surface area contributed by atoms with Gasteiger partial charge in [0.1, 0.15) is 27.7 Å². The van der Waals surface area contributed by atoms with Crippen LogP contribution in [-0.2, 0) is 14.8 Å². The number of aromatic nitrogens is 2. The Balaban J connectivity index is 1.65. The van der Waals surface area contributed by atoms with Gasteiger partial charge in [-0.1, -0.05) is 17.7 Å². The molecule has 4 rings (SSSR count). The third-order valence-electron chi connectivity index (χ3n) is 4.76. The zero-order chi connectivity index (χ0) is 20.6. The number of ether oxygens (including phenoxy) is 1. The summed E-state index contributed by atoms with van der Waals surface area (Å²) < 4.78 is 41.4. The Morgan fingerprint density at radius 2 is 2.14 bits per heavy atom. The van der Waals surface area contributed by atoms with Crippen molar-refractivity contribution in [3.05, 3.63) is 41.4 Å². The summed E-state index contributed by atoms with van der Waals surface area (Å²) in [6, 6.07) is 8.82. The van der Waals surface area contributed by atoms with Crippen molar-refractivity contribution < 1.29 is 17.9 Å². The second kappa shape index (κ2) is 7.86. The molecule has 2 heterocycles. The highest BCUT2D eigenvalue weighted by atomic mass is 35.5. The quantitative estimate of drug-likeness (QED) is 0.638. The van der Waals surface area contributed by atoms with Crippen LogP contribution in [0.25, 0.3) is 11.0 Å². The highest BCUT2D eigenvalue weighted by molar-refractivity contribution is 7.89. The molecule has 0 radical (unpaired) electrons. The van der Waals surface area contributed by atoms with E-state index in [2.05, 4.69) is 14.1 Å². The Bertz CT molecular complexity index is 1180.